The summed E-state index contributed by atoms with van der Waals surface area (Å²) in [6.45, 7) is 0. The predicted octanol–water partition coefficient (Wildman–Crippen LogP) is 1.48. The standard InChI is InChI=1S/C9H12BrN3O2/c1-13(9(14)12-11)6-3-4-8(15-2)7(10)5-6/h3-5H,11H2,1-2H3,(H,12,14). The highest BCUT2D eigenvalue weighted by Gasteiger charge is 2.10. The SMILES string of the molecule is COc1ccc(N(C)C(=O)NN)cc1Br. The predicted molar refractivity (Wildman–Crippen MR) is 61.8 cm³/mol. The molecule has 0 aromatic heterocycles. The number of carbonyl (C=O) groups is 1. The van der Waals surface area contributed by atoms with Crippen molar-refractivity contribution in [3.63, 3.8) is 0 Å². The average molecular weight is 274 g/mol. The van der Waals surface area contributed by atoms with Crippen LogP contribution in [0.2, 0.25) is 0 Å². The molecular weight excluding hydrogens is 262 g/mol. The Balaban J connectivity index is 2.97. The third kappa shape index (κ3) is 2.60. The van der Waals surface area contributed by atoms with E-state index in [0.717, 1.165) is 4.47 Å². The van der Waals surface area contributed by atoms with Gasteiger partial charge in [0.1, 0.15) is 5.75 Å². The Morgan fingerprint density at radius 3 is 2.73 bits per heavy atom. The fourth-order valence-corrected chi connectivity index (χ4v) is 1.61. The van der Waals surface area contributed by atoms with E-state index in [4.69, 9.17) is 10.6 Å². The summed E-state index contributed by atoms with van der Waals surface area (Å²) in [6.07, 6.45) is 0. The summed E-state index contributed by atoms with van der Waals surface area (Å²) in [5, 5.41) is 0. The number of benzene rings is 1. The van der Waals surface area contributed by atoms with Gasteiger partial charge in [0, 0.05) is 12.7 Å². The lowest BCUT2D eigenvalue weighted by molar-refractivity contribution is 0.247. The summed E-state index contributed by atoms with van der Waals surface area (Å²) in [6, 6.07) is 4.92. The number of carbonyl (C=O) groups excluding carboxylic acids is 1. The van der Waals surface area contributed by atoms with E-state index < -0.39 is 0 Å². The summed E-state index contributed by atoms with van der Waals surface area (Å²) in [4.78, 5) is 12.6. The topological polar surface area (TPSA) is 67.6 Å². The number of nitrogens with zero attached hydrogens (tertiary/aromatic N) is 1. The molecule has 0 unspecified atom stereocenters. The largest absolute Gasteiger partial charge is 0.496 e. The van der Waals surface area contributed by atoms with Crippen LogP contribution in [-0.2, 0) is 0 Å². The van der Waals surface area contributed by atoms with Crippen LogP contribution in [0.5, 0.6) is 5.75 Å². The number of hydrazine groups is 1. The third-order valence-corrected chi connectivity index (χ3v) is 2.57. The molecule has 0 bridgehead atoms. The van der Waals surface area contributed by atoms with E-state index in [-0.39, 0.29) is 6.03 Å². The van der Waals surface area contributed by atoms with Crippen molar-refractivity contribution in [2.24, 2.45) is 5.84 Å². The quantitative estimate of drug-likeness (QED) is 0.487. The molecule has 0 heterocycles. The van der Waals surface area contributed by atoms with Gasteiger partial charge in [0.25, 0.3) is 0 Å². The minimum absolute atomic E-state index is 0.382. The van der Waals surface area contributed by atoms with Crippen LogP contribution in [0.1, 0.15) is 0 Å². The number of ether oxygens (including phenoxy) is 1. The maximum atomic E-state index is 11.2. The first kappa shape index (κ1) is 11.8. The Bertz CT molecular complexity index is 370. The van der Waals surface area contributed by atoms with E-state index >= 15 is 0 Å². The minimum atomic E-state index is -0.382. The second-order valence-corrected chi connectivity index (χ2v) is 3.68. The molecule has 0 atom stereocenters. The molecule has 0 saturated carbocycles. The molecule has 2 amide bonds. The summed E-state index contributed by atoms with van der Waals surface area (Å²) in [5.41, 5.74) is 2.77. The number of nitrogens with one attached hydrogen (secondary N) is 1. The molecule has 0 radical (unpaired) electrons. The molecule has 1 aromatic carbocycles. The van der Waals surface area contributed by atoms with Crippen LogP contribution >= 0.6 is 15.9 Å². The molecule has 0 aliphatic heterocycles. The Hall–Kier alpha value is -1.27. The van der Waals surface area contributed by atoms with Gasteiger partial charge in [0.05, 0.1) is 11.6 Å². The maximum absolute atomic E-state index is 11.2. The number of halogens is 1. The van der Waals surface area contributed by atoms with Crippen LogP contribution in [-0.4, -0.2) is 20.2 Å². The van der Waals surface area contributed by atoms with Crippen molar-refractivity contribution in [1.29, 1.82) is 0 Å². The first-order chi connectivity index (χ1) is 7.10. The molecule has 0 aliphatic carbocycles. The van der Waals surface area contributed by atoms with Gasteiger partial charge in [-0.2, -0.15) is 0 Å². The first-order valence-electron chi connectivity index (χ1n) is 4.18. The molecule has 0 fully saturated rings. The maximum Gasteiger partial charge on any atom is 0.335 e. The molecule has 15 heavy (non-hydrogen) atoms. The zero-order chi connectivity index (χ0) is 11.4. The highest BCUT2D eigenvalue weighted by Crippen LogP contribution is 2.28. The molecule has 5 nitrogen and oxygen atoms in total. The van der Waals surface area contributed by atoms with Crippen molar-refractivity contribution >= 4 is 27.6 Å². The monoisotopic (exact) mass is 273 g/mol. The number of hydrogen-bond donors (Lipinski definition) is 2. The van der Waals surface area contributed by atoms with Gasteiger partial charge in [-0.05, 0) is 34.1 Å². The highest BCUT2D eigenvalue weighted by molar-refractivity contribution is 9.10. The number of urea groups is 1. The smallest absolute Gasteiger partial charge is 0.335 e. The molecule has 0 saturated heterocycles. The van der Waals surface area contributed by atoms with Gasteiger partial charge in [0.2, 0.25) is 0 Å². The van der Waals surface area contributed by atoms with Crippen molar-refractivity contribution in [3.05, 3.63) is 22.7 Å². The second kappa shape index (κ2) is 4.99. The van der Waals surface area contributed by atoms with Crippen molar-refractivity contribution in [2.75, 3.05) is 19.1 Å². The Labute approximate surface area is 96.3 Å². The van der Waals surface area contributed by atoms with Crippen LogP contribution < -0.4 is 20.9 Å². The summed E-state index contributed by atoms with van der Waals surface area (Å²) < 4.78 is 5.85. The third-order valence-electron chi connectivity index (χ3n) is 1.95. The lowest BCUT2D eigenvalue weighted by atomic mass is 10.3. The van der Waals surface area contributed by atoms with Crippen molar-refractivity contribution < 1.29 is 9.53 Å². The summed E-state index contributed by atoms with van der Waals surface area (Å²) >= 11 is 3.33. The van der Waals surface area contributed by atoms with Gasteiger partial charge >= 0.3 is 6.03 Å². The number of nitrogens with two attached hydrogens (primary N) is 1. The molecule has 0 aliphatic rings. The number of amides is 2. The van der Waals surface area contributed by atoms with Gasteiger partial charge in [-0.25, -0.2) is 10.6 Å². The fraction of sp³-hybridized carbons (Fsp3) is 0.222. The van der Waals surface area contributed by atoms with E-state index in [1.807, 2.05) is 0 Å². The van der Waals surface area contributed by atoms with Gasteiger partial charge in [-0.1, -0.05) is 0 Å². The second-order valence-electron chi connectivity index (χ2n) is 2.83. The van der Waals surface area contributed by atoms with Crippen molar-refractivity contribution in [2.45, 2.75) is 0 Å². The molecule has 1 aromatic rings. The number of rotatable bonds is 2. The normalized spacial score (nSPS) is 9.60. The zero-order valence-electron chi connectivity index (χ0n) is 8.45. The molecule has 6 heteroatoms. The minimum Gasteiger partial charge on any atom is -0.496 e. The van der Waals surface area contributed by atoms with Gasteiger partial charge in [-0.15, -0.1) is 0 Å². The van der Waals surface area contributed by atoms with E-state index in [1.54, 1.807) is 32.4 Å². The Morgan fingerprint density at radius 1 is 1.60 bits per heavy atom. The van der Waals surface area contributed by atoms with Gasteiger partial charge < -0.3 is 4.74 Å². The Morgan fingerprint density at radius 2 is 2.27 bits per heavy atom. The summed E-state index contributed by atoms with van der Waals surface area (Å²) in [7, 11) is 3.20. The van der Waals surface area contributed by atoms with E-state index in [2.05, 4.69) is 21.4 Å². The first-order valence-corrected chi connectivity index (χ1v) is 4.97. The van der Waals surface area contributed by atoms with Gasteiger partial charge in [0.15, 0.2) is 0 Å². The van der Waals surface area contributed by atoms with Crippen LogP contribution in [0, 0.1) is 0 Å². The van der Waals surface area contributed by atoms with Crippen molar-refractivity contribution in [3.8, 4) is 5.75 Å². The molecule has 0 spiro atoms. The van der Waals surface area contributed by atoms with Gasteiger partial charge in [-0.3, -0.25) is 10.3 Å². The van der Waals surface area contributed by atoms with E-state index in [0.29, 0.717) is 11.4 Å². The lowest BCUT2D eigenvalue weighted by Crippen LogP contribution is -2.41. The zero-order valence-corrected chi connectivity index (χ0v) is 10.0. The van der Waals surface area contributed by atoms with Crippen molar-refractivity contribution in [1.82, 2.24) is 5.43 Å². The van der Waals surface area contributed by atoms with Crippen LogP contribution in [0.4, 0.5) is 10.5 Å². The number of methoxy groups -OCH3 is 1. The lowest BCUT2D eigenvalue weighted by Gasteiger charge is -2.17. The van der Waals surface area contributed by atoms with E-state index in [1.165, 1.54) is 4.90 Å². The fourth-order valence-electron chi connectivity index (χ4n) is 1.08. The summed E-state index contributed by atoms with van der Waals surface area (Å²) in [5.74, 6) is 5.74. The van der Waals surface area contributed by atoms with Crippen LogP contribution in [0.3, 0.4) is 0 Å². The Kier molecular flexibility index (Phi) is 3.93. The molecule has 3 N–H and O–H groups in total. The molecule has 82 valence electrons. The number of anilines is 1. The number of hydrogen-bond acceptors (Lipinski definition) is 3. The average Bonchev–Trinajstić information content (AvgIpc) is 2.26. The van der Waals surface area contributed by atoms with Crippen LogP contribution in [0.25, 0.3) is 0 Å². The molecular formula is C9H12BrN3O2. The van der Waals surface area contributed by atoms with Crippen LogP contribution in [0.15, 0.2) is 22.7 Å². The van der Waals surface area contributed by atoms with E-state index in [9.17, 15) is 4.79 Å². The highest BCUT2D eigenvalue weighted by atomic mass is 79.9. The molecule has 1 rings (SSSR count).